The van der Waals surface area contributed by atoms with Gasteiger partial charge in [0.25, 0.3) is 0 Å². The average Bonchev–Trinajstić information content (AvgIpc) is 3.19. The number of fused-ring (bicyclic) bond motifs is 1. The Hall–Kier alpha value is -3.22. The Morgan fingerprint density at radius 1 is 0.967 bits per heavy atom. The lowest BCUT2D eigenvalue weighted by Crippen LogP contribution is -2.32. The number of aliphatic hydroxyl groups is 1. The molecule has 1 unspecified atom stereocenters. The normalized spacial score (nSPS) is 12.2. The Bertz CT molecular complexity index is 1050. The van der Waals surface area contributed by atoms with E-state index in [0.29, 0.717) is 13.1 Å². The monoisotopic (exact) mass is 402 g/mol. The Kier molecular flexibility index (Phi) is 6.69. The molecule has 6 nitrogen and oxygen atoms in total. The van der Waals surface area contributed by atoms with E-state index in [4.69, 9.17) is 4.74 Å². The minimum Gasteiger partial charge on any atom is -0.490 e. The van der Waals surface area contributed by atoms with Gasteiger partial charge in [-0.3, -0.25) is 9.67 Å². The molecule has 0 saturated carbocycles. The number of nitrogens with zero attached hydrogens (tertiary/aromatic N) is 3. The molecule has 154 valence electrons. The van der Waals surface area contributed by atoms with Crippen molar-refractivity contribution in [3.63, 3.8) is 0 Å². The maximum atomic E-state index is 10.3. The standard InChI is InChI=1S/C24H26N4O2/c29-21(15-26-14-11-19-9-12-25-13-10-19)18-30-24-8-4-7-23-22(24)17-28(27-23)16-20-5-2-1-3-6-20/h1-10,12-13,17,21,26,29H,11,14-16,18H2. The molecule has 0 amide bonds. The molecular formula is C24H26N4O2. The summed E-state index contributed by atoms with van der Waals surface area (Å²) < 4.78 is 7.83. The smallest absolute Gasteiger partial charge is 0.130 e. The van der Waals surface area contributed by atoms with Crippen LogP contribution in [0.2, 0.25) is 0 Å². The van der Waals surface area contributed by atoms with Crippen molar-refractivity contribution in [2.75, 3.05) is 19.7 Å². The molecule has 6 heteroatoms. The number of rotatable bonds is 10. The molecule has 30 heavy (non-hydrogen) atoms. The summed E-state index contributed by atoms with van der Waals surface area (Å²) in [6.45, 7) is 2.21. The molecule has 4 rings (SSSR count). The molecule has 0 radical (unpaired) electrons. The first-order chi connectivity index (χ1) is 14.8. The second kappa shape index (κ2) is 10.0. The zero-order valence-corrected chi connectivity index (χ0v) is 16.8. The van der Waals surface area contributed by atoms with Crippen molar-refractivity contribution in [2.24, 2.45) is 0 Å². The lowest BCUT2D eigenvalue weighted by molar-refractivity contribution is 0.107. The SMILES string of the molecule is OC(CNCCc1ccncc1)COc1cccc2nn(Cc3ccccc3)cc12. The van der Waals surface area contributed by atoms with Gasteiger partial charge in [0, 0.05) is 25.1 Å². The maximum Gasteiger partial charge on any atom is 0.130 e. The second-order valence-corrected chi connectivity index (χ2v) is 7.28. The minimum atomic E-state index is -0.586. The predicted molar refractivity (Wildman–Crippen MR) is 118 cm³/mol. The number of nitrogens with one attached hydrogen (secondary N) is 1. The highest BCUT2D eigenvalue weighted by Gasteiger charge is 2.10. The molecule has 0 aliphatic carbocycles. The second-order valence-electron chi connectivity index (χ2n) is 7.28. The van der Waals surface area contributed by atoms with Crippen LogP contribution in [-0.2, 0) is 13.0 Å². The van der Waals surface area contributed by atoms with Crippen LogP contribution in [0.5, 0.6) is 5.75 Å². The number of pyridine rings is 1. The zero-order valence-electron chi connectivity index (χ0n) is 16.8. The van der Waals surface area contributed by atoms with Gasteiger partial charge in [-0.25, -0.2) is 0 Å². The van der Waals surface area contributed by atoms with Crippen LogP contribution in [0.1, 0.15) is 11.1 Å². The fourth-order valence-corrected chi connectivity index (χ4v) is 3.34. The Morgan fingerprint density at radius 3 is 2.63 bits per heavy atom. The molecule has 0 saturated heterocycles. The number of ether oxygens (including phenoxy) is 1. The predicted octanol–water partition coefficient (Wildman–Crippen LogP) is 3.05. The van der Waals surface area contributed by atoms with E-state index in [2.05, 4.69) is 27.5 Å². The molecule has 0 aliphatic heterocycles. The van der Waals surface area contributed by atoms with Gasteiger partial charge >= 0.3 is 0 Å². The highest BCUT2D eigenvalue weighted by molar-refractivity contribution is 5.84. The van der Waals surface area contributed by atoms with Crippen LogP contribution in [0.25, 0.3) is 10.9 Å². The molecule has 2 heterocycles. The van der Waals surface area contributed by atoms with E-state index in [1.807, 2.05) is 59.4 Å². The summed E-state index contributed by atoms with van der Waals surface area (Å²) in [5, 5.41) is 19.1. The summed E-state index contributed by atoms with van der Waals surface area (Å²) in [5.74, 6) is 0.739. The molecule has 0 fully saturated rings. The fraction of sp³-hybridized carbons (Fsp3) is 0.250. The van der Waals surface area contributed by atoms with Crippen LogP contribution < -0.4 is 10.1 Å². The molecule has 2 N–H and O–H groups in total. The molecular weight excluding hydrogens is 376 g/mol. The van der Waals surface area contributed by atoms with Crippen LogP contribution in [0.3, 0.4) is 0 Å². The van der Waals surface area contributed by atoms with Crippen molar-refractivity contribution >= 4 is 10.9 Å². The highest BCUT2D eigenvalue weighted by atomic mass is 16.5. The quantitative estimate of drug-likeness (QED) is 0.399. The van der Waals surface area contributed by atoms with Crippen molar-refractivity contribution in [1.29, 1.82) is 0 Å². The van der Waals surface area contributed by atoms with Gasteiger partial charge in [-0.05, 0) is 48.4 Å². The Balaban J connectivity index is 1.29. The summed E-state index contributed by atoms with van der Waals surface area (Å²) in [6.07, 6.45) is 5.89. The molecule has 2 aromatic heterocycles. The zero-order chi connectivity index (χ0) is 20.6. The summed E-state index contributed by atoms with van der Waals surface area (Å²) in [6, 6.07) is 20.1. The van der Waals surface area contributed by atoms with Gasteiger partial charge in [-0.15, -0.1) is 0 Å². The molecule has 0 bridgehead atoms. The van der Waals surface area contributed by atoms with E-state index in [1.54, 1.807) is 12.4 Å². The highest BCUT2D eigenvalue weighted by Crippen LogP contribution is 2.25. The van der Waals surface area contributed by atoms with Crippen molar-refractivity contribution < 1.29 is 9.84 Å². The third-order valence-electron chi connectivity index (χ3n) is 4.90. The summed E-state index contributed by atoms with van der Waals surface area (Å²) >= 11 is 0. The van der Waals surface area contributed by atoms with E-state index >= 15 is 0 Å². The van der Waals surface area contributed by atoms with Gasteiger partial charge in [0.1, 0.15) is 18.5 Å². The minimum absolute atomic E-state index is 0.227. The van der Waals surface area contributed by atoms with Crippen LogP contribution >= 0.6 is 0 Å². The molecule has 0 spiro atoms. The van der Waals surface area contributed by atoms with Gasteiger partial charge in [0.05, 0.1) is 17.4 Å². The van der Waals surface area contributed by atoms with Crippen molar-refractivity contribution in [3.05, 3.63) is 90.4 Å². The number of benzene rings is 2. The van der Waals surface area contributed by atoms with Gasteiger partial charge in [0.15, 0.2) is 0 Å². The first-order valence-electron chi connectivity index (χ1n) is 10.2. The molecule has 0 aliphatic rings. The van der Waals surface area contributed by atoms with Gasteiger partial charge in [-0.1, -0.05) is 36.4 Å². The third-order valence-corrected chi connectivity index (χ3v) is 4.90. The maximum absolute atomic E-state index is 10.3. The number of aromatic nitrogens is 3. The van der Waals surface area contributed by atoms with E-state index < -0.39 is 6.10 Å². The van der Waals surface area contributed by atoms with Crippen LogP contribution in [0, 0.1) is 0 Å². The third kappa shape index (κ3) is 5.43. The Labute approximate surface area is 176 Å². The lowest BCUT2D eigenvalue weighted by Gasteiger charge is -2.13. The van der Waals surface area contributed by atoms with Crippen LogP contribution in [0.4, 0.5) is 0 Å². The average molecular weight is 402 g/mol. The van der Waals surface area contributed by atoms with Crippen molar-refractivity contribution in [3.8, 4) is 5.75 Å². The molecule has 4 aromatic rings. The van der Waals surface area contributed by atoms with Gasteiger partial charge in [0.2, 0.25) is 0 Å². The van der Waals surface area contributed by atoms with E-state index in [-0.39, 0.29) is 6.61 Å². The first kappa shape index (κ1) is 20.1. The fourth-order valence-electron chi connectivity index (χ4n) is 3.34. The van der Waals surface area contributed by atoms with Gasteiger partial charge < -0.3 is 15.2 Å². The summed E-state index contributed by atoms with van der Waals surface area (Å²) in [5.41, 5.74) is 3.30. The van der Waals surface area contributed by atoms with Gasteiger partial charge in [-0.2, -0.15) is 5.10 Å². The van der Waals surface area contributed by atoms with E-state index in [9.17, 15) is 5.11 Å². The topological polar surface area (TPSA) is 72.2 Å². The lowest BCUT2D eigenvalue weighted by atomic mass is 10.2. The number of hydrogen-bond donors (Lipinski definition) is 2. The largest absolute Gasteiger partial charge is 0.490 e. The van der Waals surface area contributed by atoms with E-state index in [0.717, 1.165) is 29.6 Å². The molecule has 1 atom stereocenters. The van der Waals surface area contributed by atoms with Crippen LogP contribution in [-0.4, -0.2) is 45.7 Å². The Morgan fingerprint density at radius 2 is 1.80 bits per heavy atom. The number of hydrogen-bond acceptors (Lipinski definition) is 5. The van der Waals surface area contributed by atoms with Crippen LogP contribution in [0.15, 0.2) is 79.3 Å². The van der Waals surface area contributed by atoms with E-state index in [1.165, 1.54) is 11.1 Å². The van der Waals surface area contributed by atoms with Crippen molar-refractivity contribution in [1.82, 2.24) is 20.1 Å². The summed E-state index contributed by atoms with van der Waals surface area (Å²) in [4.78, 5) is 4.02. The molecule has 2 aromatic carbocycles. The van der Waals surface area contributed by atoms with Crippen molar-refractivity contribution in [2.45, 2.75) is 19.1 Å². The summed E-state index contributed by atoms with van der Waals surface area (Å²) in [7, 11) is 0. The number of aliphatic hydroxyl groups excluding tert-OH is 1. The first-order valence-corrected chi connectivity index (χ1v) is 10.2.